The number of rotatable bonds is 6. The lowest BCUT2D eigenvalue weighted by Crippen LogP contribution is -2.00. The molecule has 0 unspecified atom stereocenters. The molecule has 0 aliphatic heterocycles. The van der Waals surface area contributed by atoms with Gasteiger partial charge >= 0.3 is 0 Å². The molecule has 5 heteroatoms. The van der Waals surface area contributed by atoms with Crippen molar-refractivity contribution < 1.29 is 4.42 Å². The van der Waals surface area contributed by atoms with Crippen LogP contribution in [0, 0.1) is 0 Å². The first-order valence-electron chi connectivity index (χ1n) is 20.5. The normalized spacial score (nSPS) is 11.6. The first kappa shape index (κ1) is 34.7. The smallest absolute Gasteiger partial charge is 0.164 e. The fraction of sp³-hybridized carbons (Fsp3) is 0. The Hall–Kier alpha value is -8.28. The second-order valence-corrected chi connectivity index (χ2v) is 15.3. The van der Waals surface area contributed by atoms with Crippen LogP contribution in [0.25, 0.3) is 122 Å². The summed E-state index contributed by atoms with van der Waals surface area (Å²) in [6.45, 7) is 0. The summed E-state index contributed by atoms with van der Waals surface area (Å²) in [5.74, 6) is 1.84. The van der Waals surface area contributed by atoms with Crippen molar-refractivity contribution in [2.75, 3.05) is 0 Å². The van der Waals surface area contributed by atoms with Crippen molar-refractivity contribution in [2.24, 2.45) is 0 Å². The number of hydrogen-bond donors (Lipinski definition) is 0. The number of hydrogen-bond acceptors (Lipinski definition) is 5. The highest BCUT2D eigenvalue weighted by Crippen LogP contribution is 2.47. The van der Waals surface area contributed by atoms with Gasteiger partial charge in [0.2, 0.25) is 0 Å². The molecule has 0 amide bonds. The molecule has 0 radical (unpaired) electrons. The Morgan fingerprint density at radius 2 is 0.885 bits per heavy atom. The predicted octanol–water partition coefficient (Wildman–Crippen LogP) is 14.6. The number of furan rings is 1. The number of fused-ring (bicyclic) bond motifs is 7. The van der Waals surface area contributed by atoms with Gasteiger partial charge in [-0.3, -0.25) is 0 Å². The number of aromatic nitrogens is 4. The second-order valence-electron chi connectivity index (χ2n) is 15.3. The van der Waals surface area contributed by atoms with E-state index in [0.717, 1.165) is 99.0 Å². The van der Waals surface area contributed by atoms with Gasteiger partial charge in [0.1, 0.15) is 11.2 Å². The van der Waals surface area contributed by atoms with Crippen molar-refractivity contribution in [3.05, 3.63) is 206 Å². The average molecular weight is 779 g/mol. The van der Waals surface area contributed by atoms with Gasteiger partial charge in [-0.1, -0.05) is 182 Å². The largest absolute Gasteiger partial charge is 0.456 e. The molecule has 5 nitrogen and oxygen atoms in total. The van der Waals surface area contributed by atoms with E-state index in [0.29, 0.717) is 17.5 Å². The summed E-state index contributed by atoms with van der Waals surface area (Å²) in [6.07, 6.45) is 0. The molecular weight excluding hydrogens is 745 g/mol. The van der Waals surface area contributed by atoms with Crippen LogP contribution in [0.2, 0.25) is 0 Å². The van der Waals surface area contributed by atoms with Crippen molar-refractivity contribution >= 4 is 54.4 Å². The van der Waals surface area contributed by atoms with Crippen LogP contribution in [0.3, 0.4) is 0 Å². The third-order valence-electron chi connectivity index (χ3n) is 11.7. The maximum atomic E-state index is 6.72. The Kier molecular flexibility index (Phi) is 8.10. The van der Waals surface area contributed by atoms with Crippen LogP contribution in [0.4, 0.5) is 0 Å². The molecular formula is C56H34N4O. The van der Waals surface area contributed by atoms with Crippen LogP contribution in [0.1, 0.15) is 0 Å². The first-order chi connectivity index (χ1) is 30.2. The quantitative estimate of drug-likeness (QED) is 0.157. The predicted molar refractivity (Wildman–Crippen MR) is 250 cm³/mol. The fourth-order valence-corrected chi connectivity index (χ4v) is 8.85. The van der Waals surface area contributed by atoms with Crippen molar-refractivity contribution in [2.45, 2.75) is 0 Å². The Morgan fingerprint density at radius 3 is 1.70 bits per heavy atom. The first-order valence-corrected chi connectivity index (χ1v) is 20.5. The molecule has 3 heterocycles. The molecule has 0 spiro atoms. The highest BCUT2D eigenvalue weighted by molar-refractivity contribution is 6.27. The van der Waals surface area contributed by atoms with Gasteiger partial charge in [-0.2, -0.15) is 0 Å². The van der Waals surface area contributed by atoms with Crippen molar-refractivity contribution in [3.63, 3.8) is 0 Å². The molecule has 61 heavy (non-hydrogen) atoms. The lowest BCUT2D eigenvalue weighted by Gasteiger charge is -2.16. The van der Waals surface area contributed by atoms with E-state index in [1.165, 1.54) is 5.56 Å². The summed E-state index contributed by atoms with van der Waals surface area (Å²) >= 11 is 0. The van der Waals surface area contributed by atoms with Crippen molar-refractivity contribution in [1.29, 1.82) is 0 Å². The van der Waals surface area contributed by atoms with E-state index in [9.17, 15) is 0 Å². The van der Waals surface area contributed by atoms with Gasteiger partial charge in [0.05, 0.1) is 11.2 Å². The zero-order chi connectivity index (χ0) is 40.3. The van der Waals surface area contributed by atoms with Crippen molar-refractivity contribution in [1.82, 2.24) is 19.9 Å². The van der Waals surface area contributed by atoms with E-state index in [4.69, 9.17) is 24.4 Å². The molecule has 0 saturated heterocycles. The minimum atomic E-state index is 0.595. The molecule has 9 aromatic carbocycles. The lowest BCUT2D eigenvalue weighted by atomic mass is 9.89. The van der Waals surface area contributed by atoms with Crippen molar-refractivity contribution in [3.8, 4) is 67.7 Å². The number of nitrogens with zero attached hydrogens (tertiary/aromatic N) is 4. The number of pyridine rings is 1. The van der Waals surface area contributed by atoms with Gasteiger partial charge in [0.25, 0.3) is 0 Å². The molecule has 0 fully saturated rings. The van der Waals surface area contributed by atoms with Gasteiger partial charge in [-0.15, -0.1) is 0 Å². The standard InChI is InChI=1S/C56H34N4O/c1-3-15-35(16-4-1)36-29-31-38(32-30-36)53-46-34-49-52(45-25-10-12-28-48(45)61-49)50(51(46)44-24-9-11-27-47(44)57-53)40-21-13-22-41(33-40)55-58-54(39-18-5-2-6-19-39)59-56(60-55)43-26-14-20-37-17-7-8-23-42(37)43/h1-34H. The zero-order valence-corrected chi connectivity index (χ0v) is 32.8. The molecule has 0 bridgehead atoms. The fourth-order valence-electron chi connectivity index (χ4n) is 8.85. The minimum absolute atomic E-state index is 0.595. The zero-order valence-electron chi connectivity index (χ0n) is 32.8. The minimum Gasteiger partial charge on any atom is -0.456 e. The van der Waals surface area contributed by atoms with Crippen LogP contribution in [0.5, 0.6) is 0 Å². The monoisotopic (exact) mass is 778 g/mol. The molecule has 0 atom stereocenters. The van der Waals surface area contributed by atoms with Gasteiger partial charge in [-0.25, -0.2) is 19.9 Å². The van der Waals surface area contributed by atoms with E-state index >= 15 is 0 Å². The molecule has 12 rings (SSSR count). The Morgan fingerprint density at radius 1 is 0.311 bits per heavy atom. The van der Waals surface area contributed by atoms with Crippen LogP contribution in [-0.2, 0) is 0 Å². The SMILES string of the molecule is c1ccc(-c2ccc(-c3nc4ccccc4c4c(-c5cccc(-c6nc(-c7ccccc7)nc(-c7cccc8ccccc78)n6)c5)c5c(cc34)oc3ccccc35)cc2)cc1. The summed E-state index contributed by atoms with van der Waals surface area (Å²) in [5, 5.41) is 7.53. The summed E-state index contributed by atoms with van der Waals surface area (Å²) in [7, 11) is 0. The average Bonchev–Trinajstić information content (AvgIpc) is 3.71. The molecule has 0 saturated carbocycles. The Balaban J connectivity index is 1.12. The number of para-hydroxylation sites is 2. The molecule has 12 aromatic rings. The summed E-state index contributed by atoms with van der Waals surface area (Å²) in [4.78, 5) is 20.9. The van der Waals surface area contributed by atoms with E-state index in [-0.39, 0.29) is 0 Å². The molecule has 284 valence electrons. The summed E-state index contributed by atoms with van der Waals surface area (Å²) < 4.78 is 6.72. The van der Waals surface area contributed by atoms with Gasteiger partial charge in [0, 0.05) is 54.7 Å². The Labute approximate surface area is 351 Å². The van der Waals surface area contributed by atoms with Crippen LogP contribution < -0.4 is 0 Å². The van der Waals surface area contributed by atoms with E-state index in [2.05, 4.69) is 158 Å². The molecule has 3 aromatic heterocycles. The maximum absolute atomic E-state index is 6.72. The maximum Gasteiger partial charge on any atom is 0.164 e. The van der Waals surface area contributed by atoms with Crippen LogP contribution in [-0.4, -0.2) is 19.9 Å². The van der Waals surface area contributed by atoms with E-state index < -0.39 is 0 Å². The van der Waals surface area contributed by atoms with Crippen LogP contribution >= 0.6 is 0 Å². The van der Waals surface area contributed by atoms with Gasteiger partial charge in [-0.05, 0) is 51.7 Å². The topological polar surface area (TPSA) is 64.7 Å². The third-order valence-corrected chi connectivity index (χ3v) is 11.7. The van der Waals surface area contributed by atoms with Gasteiger partial charge in [0.15, 0.2) is 17.5 Å². The van der Waals surface area contributed by atoms with E-state index in [1.807, 2.05) is 48.5 Å². The summed E-state index contributed by atoms with van der Waals surface area (Å²) in [6, 6.07) is 71.5. The molecule has 0 aliphatic carbocycles. The highest BCUT2D eigenvalue weighted by atomic mass is 16.3. The third kappa shape index (κ3) is 5.94. The highest BCUT2D eigenvalue weighted by Gasteiger charge is 2.23. The van der Waals surface area contributed by atoms with Crippen LogP contribution in [0.15, 0.2) is 211 Å². The van der Waals surface area contributed by atoms with E-state index in [1.54, 1.807) is 0 Å². The molecule has 0 N–H and O–H groups in total. The summed E-state index contributed by atoms with van der Waals surface area (Å²) in [5.41, 5.74) is 11.7. The molecule has 0 aliphatic rings. The Bertz CT molecular complexity index is 3630. The van der Waals surface area contributed by atoms with Gasteiger partial charge < -0.3 is 4.42 Å². The second kappa shape index (κ2) is 14.2. The lowest BCUT2D eigenvalue weighted by molar-refractivity contribution is 0.669. The number of benzene rings is 9.